The van der Waals surface area contributed by atoms with Gasteiger partial charge in [-0.2, -0.15) is 0 Å². The van der Waals surface area contributed by atoms with Gasteiger partial charge >= 0.3 is 5.97 Å². The summed E-state index contributed by atoms with van der Waals surface area (Å²) in [5.41, 5.74) is 4.55. The quantitative estimate of drug-likeness (QED) is 0.122. The first-order valence-corrected chi connectivity index (χ1v) is 13.3. The standard InChI is InChI=1S/C28H29NO7S/c1-4-20(2)18-24(36-28(30)22-10-12-23(13-11-22)29(31)32)14-15-27-21(3)19-25(35-27)16-17-37(33,34)26-8-6-5-7-9-26/h5-13,16-17,24-25,27H,1,3,14-15,18-19H2,2H3/b17-16+/t24-,25-,27?/m0/s1. The summed E-state index contributed by atoms with van der Waals surface area (Å²) in [6.07, 6.45) is 2.17. The molecule has 3 atom stereocenters. The highest BCUT2D eigenvalue weighted by Gasteiger charge is 2.29. The number of nitrogens with zero attached hydrogens (tertiary/aromatic N) is 1. The minimum atomic E-state index is -3.57. The normalized spacial score (nSPS) is 18.4. The molecule has 1 aliphatic rings. The Bertz CT molecular complexity index is 1320. The van der Waals surface area contributed by atoms with Gasteiger partial charge in [-0.15, -0.1) is 5.73 Å². The van der Waals surface area contributed by atoms with Crippen molar-refractivity contribution >= 4 is 21.5 Å². The summed E-state index contributed by atoms with van der Waals surface area (Å²) < 4.78 is 36.7. The van der Waals surface area contributed by atoms with Crippen molar-refractivity contribution in [2.24, 2.45) is 0 Å². The van der Waals surface area contributed by atoms with Gasteiger partial charge in [-0.25, -0.2) is 13.2 Å². The lowest BCUT2D eigenvalue weighted by Gasteiger charge is -2.20. The maximum absolute atomic E-state index is 12.7. The van der Waals surface area contributed by atoms with Gasteiger partial charge < -0.3 is 9.47 Å². The van der Waals surface area contributed by atoms with Gasteiger partial charge in [0.05, 0.1) is 27.6 Å². The van der Waals surface area contributed by atoms with Crippen LogP contribution in [0.5, 0.6) is 0 Å². The SMILES string of the molecule is C=C=C(C)C[C@H](CCC1O[C@@H](/C=C/S(=O)(=O)c2ccccc2)CC1=C)OC(=O)c1ccc([N+](=O)[O-])cc1. The lowest BCUT2D eigenvalue weighted by molar-refractivity contribution is -0.384. The number of nitro groups is 1. The fourth-order valence-corrected chi connectivity index (χ4v) is 4.98. The average Bonchev–Trinajstić information content (AvgIpc) is 3.25. The molecule has 0 aromatic heterocycles. The molecule has 37 heavy (non-hydrogen) atoms. The van der Waals surface area contributed by atoms with Crippen LogP contribution in [-0.2, 0) is 19.3 Å². The third-order valence-electron chi connectivity index (χ3n) is 5.98. The van der Waals surface area contributed by atoms with E-state index in [0.29, 0.717) is 25.7 Å². The minimum absolute atomic E-state index is 0.115. The van der Waals surface area contributed by atoms with Crippen LogP contribution in [0.3, 0.4) is 0 Å². The number of carbonyl (C=O) groups excluding carboxylic acids is 1. The fraction of sp³-hybridized carbons (Fsp3) is 0.286. The molecule has 1 aliphatic heterocycles. The predicted molar refractivity (Wildman–Crippen MR) is 140 cm³/mol. The molecule has 3 rings (SSSR count). The number of hydrogen-bond donors (Lipinski definition) is 0. The number of non-ortho nitro benzene ring substituents is 1. The molecule has 1 fully saturated rings. The van der Waals surface area contributed by atoms with Gasteiger partial charge in [0.15, 0.2) is 9.84 Å². The number of carbonyl (C=O) groups is 1. The highest BCUT2D eigenvalue weighted by Crippen LogP contribution is 2.30. The molecular formula is C28H29NO7S. The third kappa shape index (κ3) is 7.85. The molecule has 0 saturated carbocycles. The molecule has 1 heterocycles. The van der Waals surface area contributed by atoms with Gasteiger partial charge in [-0.05, 0) is 61.3 Å². The predicted octanol–water partition coefficient (Wildman–Crippen LogP) is 5.72. The number of rotatable bonds is 11. The zero-order chi connectivity index (χ0) is 27.0. The largest absolute Gasteiger partial charge is 0.458 e. The van der Waals surface area contributed by atoms with E-state index in [0.717, 1.165) is 16.6 Å². The molecular weight excluding hydrogens is 494 g/mol. The number of esters is 1. The first-order chi connectivity index (χ1) is 17.6. The van der Waals surface area contributed by atoms with E-state index in [1.807, 2.05) is 6.92 Å². The van der Waals surface area contributed by atoms with Crippen LogP contribution in [0.4, 0.5) is 5.69 Å². The summed E-state index contributed by atoms with van der Waals surface area (Å²) in [5, 5.41) is 12.0. The minimum Gasteiger partial charge on any atom is -0.458 e. The van der Waals surface area contributed by atoms with Crippen molar-refractivity contribution in [3.05, 3.63) is 112 Å². The zero-order valence-electron chi connectivity index (χ0n) is 20.5. The number of sulfone groups is 1. The summed E-state index contributed by atoms with van der Waals surface area (Å²) in [4.78, 5) is 23.2. The van der Waals surface area contributed by atoms with Crippen molar-refractivity contribution in [2.75, 3.05) is 0 Å². The van der Waals surface area contributed by atoms with Gasteiger partial charge in [0.25, 0.3) is 5.69 Å². The van der Waals surface area contributed by atoms with Crippen LogP contribution in [-0.4, -0.2) is 37.6 Å². The molecule has 2 aromatic carbocycles. The molecule has 0 amide bonds. The Morgan fingerprint density at radius 1 is 1.24 bits per heavy atom. The van der Waals surface area contributed by atoms with Crippen LogP contribution in [0.15, 0.2) is 101 Å². The first kappa shape index (κ1) is 27.8. The van der Waals surface area contributed by atoms with Crippen LogP contribution in [0, 0.1) is 10.1 Å². The van der Waals surface area contributed by atoms with E-state index in [-0.39, 0.29) is 22.3 Å². The van der Waals surface area contributed by atoms with Gasteiger partial charge in [-0.3, -0.25) is 10.1 Å². The molecule has 0 N–H and O–H groups in total. The molecule has 2 aromatic rings. The average molecular weight is 524 g/mol. The third-order valence-corrected chi connectivity index (χ3v) is 7.42. The van der Waals surface area contributed by atoms with Crippen LogP contribution >= 0.6 is 0 Å². The van der Waals surface area contributed by atoms with Crippen molar-refractivity contribution in [3.63, 3.8) is 0 Å². The Balaban J connectivity index is 1.61. The van der Waals surface area contributed by atoms with Gasteiger partial charge in [0.2, 0.25) is 0 Å². The van der Waals surface area contributed by atoms with E-state index in [4.69, 9.17) is 9.47 Å². The monoisotopic (exact) mass is 523 g/mol. The van der Waals surface area contributed by atoms with Gasteiger partial charge in [-0.1, -0.05) is 31.4 Å². The Hall–Kier alpha value is -3.78. The smallest absolute Gasteiger partial charge is 0.338 e. The Morgan fingerprint density at radius 2 is 1.92 bits per heavy atom. The van der Waals surface area contributed by atoms with E-state index < -0.39 is 32.9 Å². The summed E-state index contributed by atoms with van der Waals surface area (Å²) in [7, 11) is -3.57. The summed E-state index contributed by atoms with van der Waals surface area (Å²) >= 11 is 0. The Morgan fingerprint density at radius 3 is 2.54 bits per heavy atom. The molecule has 0 spiro atoms. The Kier molecular flexibility index (Phi) is 9.36. The van der Waals surface area contributed by atoms with Gasteiger partial charge in [0.1, 0.15) is 6.10 Å². The molecule has 194 valence electrons. The number of ether oxygens (including phenoxy) is 2. The summed E-state index contributed by atoms with van der Waals surface area (Å²) in [6.45, 7) is 9.54. The van der Waals surface area contributed by atoms with Crippen LogP contribution < -0.4 is 0 Å². The van der Waals surface area contributed by atoms with Gasteiger partial charge in [0, 0.05) is 30.4 Å². The lowest BCUT2D eigenvalue weighted by atomic mass is 10.00. The van der Waals surface area contributed by atoms with Crippen LogP contribution in [0.1, 0.15) is 43.0 Å². The second kappa shape index (κ2) is 12.5. The van der Waals surface area contributed by atoms with Crippen molar-refractivity contribution in [1.82, 2.24) is 0 Å². The van der Waals surface area contributed by atoms with E-state index in [1.54, 1.807) is 18.2 Å². The van der Waals surface area contributed by atoms with Crippen molar-refractivity contribution in [1.29, 1.82) is 0 Å². The summed E-state index contributed by atoms with van der Waals surface area (Å²) in [6, 6.07) is 13.4. The second-order valence-electron chi connectivity index (χ2n) is 8.78. The lowest BCUT2D eigenvalue weighted by Crippen LogP contribution is -2.21. The molecule has 1 unspecified atom stereocenters. The second-order valence-corrected chi connectivity index (χ2v) is 10.6. The maximum atomic E-state index is 12.7. The summed E-state index contributed by atoms with van der Waals surface area (Å²) in [5.74, 6) is -0.588. The highest BCUT2D eigenvalue weighted by molar-refractivity contribution is 7.94. The van der Waals surface area contributed by atoms with Crippen molar-refractivity contribution in [2.45, 2.75) is 55.8 Å². The molecule has 9 heteroatoms. The van der Waals surface area contributed by atoms with Crippen LogP contribution in [0.25, 0.3) is 0 Å². The maximum Gasteiger partial charge on any atom is 0.338 e. The van der Waals surface area contributed by atoms with Crippen LogP contribution in [0.2, 0.25) is 0 Å². The highest BCUT2D eigenvalue weighted by atomic mass is 32.2. The molecule has 0 bridgehead atoms. The zero-order valence-corrected chi connectivity index (χ0v) is 21.4. The molecule has 0 aliphatic carbocycles. The topological polar surface area (TPSA) is 113 Å². The van der Waals surface area contributed by atoms with E-state index in [1.165, 1.54) is 42.5 Å². The Labute approximate surface area is 216 Å². The van der Waals surface area contributed by atoms with E-state index >= 15 is 0 Å². The first-order valence-electron chi connectivity index (χ1n) is 11.7. The fourth-order valence-electron chi connectivity index (χ4n) is 3.90. The molecule has 0 radical (unpaired) electrons. The van der Waals surface area contributed by atoms with Crippen molar-refractivity contribution < 1.29 is 27.6 Å². The van der Waals surface area contributed by atoms with E-state index in [2.05, 4.69) is 18.9 Å². The van der Waals surface area contributed by atoms with E-state index in [9.17, 15) is 23.3 Å². The molecule has 8 nitrogen and oxygen atoms in total. The number of hydrogen-bond acceptors (Lipinski definition) is 7. The number of benzene rings is 2. The number of nitro benzene ring substituents is 1. The van der Waals surface area contributed by atoms with Crippen molar-refractivity contribution in [3.8, 4) is 0 Å². The molecule has 1 saturated heterocycles.